The molecule has 0 radical (unpaired) electrons. The van der Waals surface area contributed by atoms with E-state index in [1.165, 1.54) is 12.1 Å². The van der Waals surface area contributed by atoms with Gasteiger partial charge in [0, 0.05) is 24.9 Å². The summed E-state index contributed by atoms with van der Waals surface area (Å²) in [5.41, 5.74) is 1.71. The van der Waals surface area contributed by atoms with Gasteiger partial charge in [-0.2, -0.15) is 0 Å². The van der Waals surface area contributed by atoms with E-state index in [1.807, 2.05) is 13.8 Å². The Bertz CT molecular complexity index is 657. The van der Waals surface area contributed by atoms with Crippen molar-refractivity contribution in [2.75, 3.05) is 19.6 Å². The second-order valence-electron chi connectivity index (χ2n) is 5.32. The summed E-state index contributed by atoms with van der Waals surface area (Å²) < 4.78 is 12.9. The third kappa shape index (κ3) is 5.90. The highest BCUT2D eigenvalue weighted by atomic mass is 32.1. The number of thiazole rings is 1. The van der Waals surface area contributed by atoms with Crippen molar-refractivity contribution in [2.45, 2.75) is 26.4 Å². The molecule has 24 heavy (non-hydrogen) atoms. The molecule has 0 aliphatic rings. The molecule has 0 aliphatic heterocycles. The summed E-state index contributed by atoms with van der Waals surface area (Å²) in [6.07, 6.45) is 0.0529. The van der Waals surface area contributed by atoms with E-state index in [4.69, 9.17) is 0 Å². The lowest BCUT2D eigenvalue weighted by atomic mass is 10.1. The predicted octanol–water partition coefficient (Wildman–Crippen LogP) is 2.42. The summed E-state index contributed by atoms with van der Waals surface area (Å²) in [4.78, 5) is 8.80. The molecule has 2 rings (SSSR count). The molecule has 2 aromatic rings. The zero-order valence-electron chi connectivity index (χ0n) is 13.9. The van der Waals surface area contributed by atoms with E-state index >= 15 is 0 Å². The number of benzene rings is 1. The van der Waals surface area contributed by atoms with Gasteiger partial charge in [-0.05, 0) is 31.5 Å². The Balaban J connectivity index is 1.86. The van der Waals surface area contributed by atoms with Gasteiger partial charge < -0.3 is 15.7 Å². The minimum absolute atomic E-state index is 0.205. The Labute approximate surface area is 145 Å². The minimum Gasteiger partial charge on any atom is -0.386 e. The summed E-state index contributed by atoms with van der Waals surface area (Å²) in [7, 11) is 0. The first-order valence-electron chi connectivity index (χ1n) is 7.95. The molecule has 1 aromatic heterocycles. The SMILES string of the molecule is CCNC(=NCC(O)c1ccc(F)cc1)NCCc1csc(C)n1. The molecule has 1 aromatic carbocycles. The van der Waals surface area contributed by atoms with E-state index in [0.717, 1.165) is 23.7 Å². The van der Waals surface area contributed by atoms with Gasteiger partial charge in [-0.25, -0.2) is 9.37 Å². The maximum Gasteiger partial charge on any atom is 0.191 e. The van der Waals surface area contributed by atoms with Crippen LogP contribution in [0.4, 0.5) is 4.39 Å². The van der Waals surface area contributed by atoms with Crippen molar-refractivity contribution in [2.24, 2.45) is 4.99 Å². The molecule has 1 heterocycles. The average molecular weight is 350 g/mol. The summed E-state index contributed by atoms with van der Waals surface area (Å²) in [6, 6.07) is 5.81. The largest absolute Gasteiger partial charge is 0.386 e. The normalized spacial score (nSPS) is 12.9. The van der Waals surface area contributed by atoms with E-state index in [0.29, 0.717) is 18.1 Å². The maximum absolute atomic E-state index is 12.9. The zero-order valence-corrected chi connectivity index (χ0v) is 14.7. The van der Waals surface area contributed by atoms with Gasteiger partial charge in [0.05, 0.1) is 23.4 Å². The van der Waals surface area contributed by atoms with Crippen molar-refractivity contribution in [1.82, 2.24) is 15.6 Å². The molecule has 5 nitrogen and oxygen atoms in total. The van der Waals surface area contributed by atoms with Crippen LogP contribution in [-0.4, -0.2) is 35.7 Å². The fourth-order valence-corrected chi connectivity index (χ4v) is 2.79. The molecular weight excluding hydrogens is 327 g/mol. The molecular formula is C17H23FN4OS. The number of hydrogen-bond acceptors (Lipinski definition) is 4. The smallest absolute Gasteiger partial charge is 0.191 e. The Morgan fingerprint density at radius 3 is 2.71 bits per heavy atom. The van der Waals surface area contributed by atoms with Crippen LogP contribution in [-0.2, 0) is 6.42 Å². The van der Waals surface area contributed by atoms with Gasteiger partial charge in [-0.15, -0.1) is 11.3 Å². The number of aliphatic imine (C=N–C) groups is 1. The fraction of sp³-hybridized carbons (Fsp3) is 0.412. The van der Waals surface area contributed by atoms with E-state index in [-0.39, 0.29) is 12.4 Å². The lowest BCUT2D eigenvalue weighted by Gasteiger charge is -2.13. The van der Waals surface area contributed by atoms with Crippen LogP contribution in [0.5, 0.6) is 0 Å². The molecule has 0 bridgehead atoms. The standard InChI is InChI=1S/C17H23FN4OS/c1-3-19-17(20-9-8-15-11-24-12(2)22-15)21-10-16(23)13-4-6-14(18)7-5-13/h4-7,11,16,23H,3,8-10H2,1-2H3,(H2,19,20,21). The fourth-order valence-electron chi connectivity index (χ4n) is 2.14. The van der Waals surface area contributed by atoms with Crippen LogP contribution < -0.4 is 10.6 Å². The number of aryl methyl sites for hydroxylation is 1. The van der Waals surface area contributed by atoms with Gasteiger partial charge >= 0.3 is 0 Å². The van der Waals surface area contributed by atoms with Gasteiger partial charge in [0.15, 0.2) is 5.96 Å². The highest BCUT2D eigenvalue weighted by molar-refractivity contribution is 7.09. The van der Waals surface area contributed by atoms with Crippen LogP contribution in [0.1, 0.15) is 29.3 Å². The van der Waals surface area contributed by atoms with Crippen molar-refractivity contribution < 1.29 is 9.50 Å². The van der Waals surface area contributed by atoms with Gasteiger partial charge in [0.25, 0.3) is 0 Å². The quantitative estimate of drug-likeness (QED) is 0.530. The van der Waals surface area contributed by atoms with E-state index in [1.54, 1.807) is 23.5 Å². The summed E-state index contributed by atoms with van der Waals surface area (Å²) in [5, 5.41) is 19.6. The van der Waals surface area contributed by atoms with Crippen LogP contribution in [0, 0.1) is 12.7 Å². The summed E-state index contributed by atoms with van der Waals surface area (Å²) in [6.45, 7) is 5.62. The van der Waals surface area contributed by atoms with Crippen molar-refractivity contribution in [3.8, 4) is 0 Å². The second kappa shape index (κ2) is 9.34. The summed E-state index contributed by atoms with van der Waals surface area (Å²) >= 11 is 1.64. The molecule has 0 spiro atoms. The van der Waals surface area contributed by atoms with Crippen LogP contribution in [0.3, 0.4) is 0 Å². The monoisotopic (exact) mass is 350 g/mol. The number of nitrogens with zero attached hydrogens (tertiary/aromatic N) is 2. The first-order valence-corrected chi connectivity index (χ1v) is 8.83. The highest BCUT2D eigenvalue weighted by Crippen LogP contribution is 2.13. The number of hydrogen-bond donors (Lipinski definition) is 3. The van der Waals surface area contributed by atoms with Crippen LogP contribution >= 0.6 is 11.3 Å². The predicted molar refractivity (Wildman–Crippen MR) is 95.9 cm³/mol. The van der Waals surface area contributed by atoms with Crippen molar-refractivity contribution in [1.29, 1.82) is 0 Å². The first-order chi connectivity index (χ1) is 11.6. The minimum atomic E-state index is -0.762. The van der Waals surface area contributed by atoms with Crippen LogP contribution in [0.25, 0.3) is 0 Å². The number of guanidine groups is 1. The molecule has 0 saturated heterocycles. The van der Waals surface area contributed by atoms with E-state index in [2.05, 4.69) is 26.0 Å². The second-order valence-corrected chi connectivity index (χ2v) is 6.38. The maximum atomic E-state index is 12.9. The molecule has 0 saturated carbocycles. The van der Waals surface area contributed by atoms with Crippen molar-refractivity contribution >= 4 is 17.3 Å². The first kappa shape index (κ1) is 18.4. The molecule has 0 aliphatic carbocycles. The van der Waals surface area contributed by atoms with E-state index < -0.39 is 6.10 Å². The Morgan fingerprint density at radius 2 is 2.08 bits per heavy atom. The molecule has 3 N–H and O–H groups in total. The van der Waals surface area contributed by atoms with Gasteiger partial charge in [0.2, 0.25) is 0 Å². The van der Waals surface area contributed by atoms with Crippen LogP contribution in [0.15, 0.2) is 34.6 Å². The molecule has 130 valence electrons. The zero-order chi connectivity index (χ0) is 17.4. The third-order valence-corrected chi connectivity index (χ3v) is 4.18. The summed E-state index contributed by atoms with van der Waals surface area (Å²) in [5.74, 6) is 0.326. The van der Waals surface area contributed by atoms with E-state index in [9.17, 15) is 9.50 Å². The number of aromatic nitrogens is 1. The van der Waals surface area contributed by atoms with Crippen LogP contribution in [0.2, 0.25) is 0 Å². The molecule has 1 atom stereocenters. The average Bonchev–Trinajstić information content (AvgIpc) is 2.98. The number of halogens is 1. The number of aliphatic hydroxyl groups is 1. The molecule has 1 unspecified atom stereocenters. The van der Waals surface area contributed by atoms with Gasteiger partial charge in [0.1, 0.15) is 5.82 Å². The highest BCUT2D eigenvalue weighted by Gasteiger charge is 2.08. The van der Waals surface area contributed by atoms with Gasteiger partial charge in [-0.3, -0.25) is 4.99 Å². The van der Waals surface area contributed by atoms with Gasteiger partial charge in [-0.1, -0.05) is 12.1 Å². The molecule has 0 fully saturated rings. The van der Waals surface area contributed by atoms with Crippen molar-refractivity contribution in [3.05, 3.63) is 51.7 Å². The molecule has 0 amide bonds. The Hall–Kier alpha value is -1.99. The van der Waals surface area contributed by atoms with Crippen molar-refractivity contribution in [3.63, 3.8) is 0 Å². The Kier molecular flexibility index (Phi) is 7.14. The lowest BCUT2D eigenvalue weighted by molar-refractivity contribution is 0.187. The number of aliphatic hydroxyl groups excluding tert-OH is 1. The topological polar surface area (TPSA) is 69.5 Å². The molecule has 7 heteroatoms. The number of nitrogens with one attached hydrogen (secondary N) is 2. The number of rotatable bonds is 7. The third-order valence-electron chi connectivity index (χ3n) is 3.36. The Morgan fingerprint density at radius 1 is 1.33 bits per heavy atom. The lowest BCUT2D eigenvalue weighted by Crippen LogP contribution is -2.38.